The van der Waals surface area contributed by atoms with E-state index in [1.54, 1.807) is 0 Å². The van der Waals surface area contributed by atoms with Gasteiger partial charge in [-0.15, -0.1) is 12.4 Å². The molecule has 2 unspecified atom stereocenters. The first-order valence-electron chi connectivity index (χ1n) is 8.62. The van der Waals surface area contributed by atoms with Crippen molar-refractivity contribution in [3.63, 3.8) is 0 Å². The van der Waals surface area contributed by atoms with E-state index in [2.05, 4.69) is 5.32 Å². The molecule has 1 amide bonds. The fourth-order valence-corrected chi connectivity index (χ4v) is 4.63. The van der Waals surface area contributed by atoms with Crippen molar-refractivity contribution in [3.8, 4) is 0 Å². The van der Waals surface area contributed by atoms with Crippen LogP contribution < -0.4 is 11.1 Å². The maximum absolute atomic E-state index is 12.5. The summed E-state index contributed by atoms with van der Waals surface area (Å²) >= 11 is 0. The number of amides is 1. The predicted molar refractivity (Wildman–Crippen MR) is 104 cm³/mol. The Balaban J connectivity index is 0.00000288. The third-order valence-electron chi connectivity index (χ3n) is 4.36. The van der Waals surface area contributed by atoms with Crippen LogP contribution in [0.1, 0.15) is 57.4 Å². The second-order valence-corrected chi connectivity index (χ2v) is 8.09. The van der Waals surface area contributed by atoms with E-state index in [9.17, 15) is 9.00 Å². The van der Waals surface area contributed by atoms with Crippen molar-refractivity contribution in [2.45, 2.75) is 68.9 Å². The molecule has 0 bridgehead atoms. The molecule has 0 heterocycles. The van der Waals surface area contributed by atoms with Gasteiger partial charge in [-0.2, -0.15) is 0 Å². The summed E-state index contributed by atoms with van der Waals surface area (Å²) in [5.74, 6) is 0.410. The van der Waals surface area contributed by atoms with Gasteiger partial charge >= 0.3 is 0 Å². The van der Waals surface area contributed by atoms with Gasteiger partial charge in [0.05, 0.1) is 6.04 Å². The number of benzene rings is 1. The summed E-state index contributed by atoms with van der Waals surface area (Å²) < 4.78 is 12.5. The Labute approximate surface area is 153 Å². The molecule has 24 heavy (non-hydrogen) atoms. The van der Waals surface area contributed by atoms with Gasteiger partial charge in [-0.25, -0.2) is 0 Å². The van der Waals surface area contributed by atoms with E-state index < -0.39 is 16.8 Å². The minimum absolute atomic E-state index is 0. The normalized spacial score (nSPS) is 17.6. The lowest BCUT2D eigenvalue weighted by atomic mass is 10.0. The van der Waals surface area contributed by atoms with E-state index in [0.29, 0.717) is 17.4 Å². The van der Waals surface area contributed by atoms with Crippen LogP contribution in [0.2, 0.25) is 0 Å². The molecule has 0 spiro atoms. The summed E-state index contributed by atoms with van der Waals surface area (Å²) in [6.45, 7) is 2.01. The monoisotopic (exact) mass is 372 g/mol. The van der Waals surface area contributed by atoms with E-state index in [-0.39, 0.29) is 18.3 Å². The molecule has 0 saturated heterocycles. The van der Waals surface area contributed by atoms with Crippen LogP contribution in [0.5, 0.6) is 0 Å². The minimum Gasteiger partial charge on any atom is -0.325 e. The number of anilines is 1. The molecule has 136 valence electrons. The molecule has 3 N–H and O–H groups in total. The lowest BCUT2D eigenvalue weighted by Gasteiger charge is -2.21. The van der Waals surface area contributed by atoms with Crippen molar-refractivity contribution in [2.24, 2.45) is 5.73 Å². The van der Waals surface area contributed by atoms with Crippen LogP contribution in [0.4, 0.5) is 5.69 Å². The largest absolute Gasteiger partial charge is 0.325 e. The van der Waals surface area contributed by atoms with E-state index >= 15 is 0 Å². The molecule has 2 rings (SSSR count). The Morgan fingerprint density at radius 1 is 1.33 bits per heavy atom. The van der Waals surface area contributed by atoms with Crippen molar-refractivity contribution < 1.29 is 9.00 Å². The molecule has 0 aliphatic heterocycles. The Morgan fingerprint density at radius 3 is 2.71 bits per heavy atom. The fraction of sp³-hybridized carbons (Fsp3) is 0.611. The molecule has 0 aromatic heterocycles. The van der Waals surface area contributed by atoms with Gasteiger partial charge in [-0.1, -0.05) is 44.7 Å². The van der Waals surface area contributed by atoms with E-state index in [1.165, 1.54) is 19.3 Å². The van der Waals surface area contributed by atoms with Crippen LogP contribution in [0.3, 0.4) is 0 Å². The van der Waals surface area contributed by atoms with Crippen LogP contribution >= 0.6 is 12.4 Å². The molecule has 1 aliphatic rings. The molecule has 4 nitrogen and oxygen atoms in total. The van der Waals surface area contributed by atoms with E-state index in [4.69, 9.17) is 5.73 Å². The number of carbonyl (C=O) groups is 1. The van der Waals surface area contributed by atoms with Gasteiger partial charge < -0.3 is 11.1 Å². The zero-order valence-electron chi connectivity index (χ0n) is 14.3. The van der Waals surface area contributed by atoms with Crippen LogP contribution in [0.25, 0.3) is 0 Å². The fourth-order valence-electron chi connectivity index (χ4n) is 3.03. The zero-order valence-corrected chi connectivity index (χ0v) is 16.0. The third-order valence-corrected chi connectivity index (χ3v) is 6.20. The number of carbonyl (C=O) groups excluding carboxylic acids is 1. The molecular weight excluding hydrogens is 344 g/mol. The maximum atomic E-state index is 12.5. The zero-order chi connectivity index (χ0) is 16.7. The summed E-state index contributed by atoms with van der Waals surface area (Å²) in [5, 5.41) is 3.19. The van der Waals surface area contributed by atoms with Crippen molar-refractivity contribution in [1.82, 2.24) is 0 Å². The number of halogens is 1. The lowest BCUT2D eigenvalue weighted by molar-refractivity contribution is -0.117. The number of rotatable bonds is 7. The maximum Gasteiger partial charge on any atom is 0.241 e. The number of hydrogen-bond donors (Lipinski definition) is 2. The van der Waals surface area contributed by atoms with Gasteiger partial charge in [-0.3, -0.25) is 9.00 Å². The summed E-state index contributed by atoms with van der Waals surface area (Å²) in [5.41, 5.74) is 7.58. The van der Waals surface area contributed by atoms with Crippen LogP contribution in [-0.2, 0) is 21.3 Å². The highest BCUT2D eigenvalue weighted by molar-refractivity contribution is 7.84. The minimum atomic E-state index is -0.828. The van der Waals surface area contributed by atoms with Crippen molar-refractivity contribution in [3.05, 3.63) is 29.8 Å². The van der Waals surface area contributed by atoms with Gasteiger partial charge in [-0.05, 0) is 37.0 Å². The van der Waals surface area contributed by atoms with Crippen LogP contribution in [-0.4, -0.2) is 21.4 Å². The highest BCUT2D eigenvalue weighted by atomic mass is 35.5. The van der Waals surface area contributed by atoms with Crippen molar-refractivity contribution in [1.29, 1.82) is 0 Å². The molecule has 6 heteroatoms. The van der Waals surface area contributed by atoms with Crippen molar-refractivity contribution in [2.75, 3.05) is 5.32 Å². The standard InChI is InChI=1S/C18H28N2O2S.ClH/c1-2-7-17(19)18(21)20-15-9-6-8-14(12-15)13-23(22)16-10-4-3-5-11-16;/h6,8-9,12,16-17H,2-5,7,10-11,13,19H2,1H3,(H,20,21);1H. The topological polar surface area (TPSA) is 72.2 Å². The molecule has 1 aromatic carbocycles. The molecule has 1 saturated carbocycles. The molecule has 2 atom stereocenters. The summed E-state index contributed by atoms with van der Waals surface area (Å²) in [4.78, 5) is 12.0. The second kappa shape index (κ2) is 10.9. The SMILES string of the molecule is CCCC(N)C(=O)Nc1cccc(CS(=O)C2CCCCC2)c1.Cl. The van der Waals surface area contributed by atoms with Gasteiger partial charge in [0.15, 0.2) is 0 Å². The lowest BCUT2D eigenvalue weighted by Crippen LogP contribution is -2.35. The summed E-state index contributed by atoms with van der Waals surface area (Å²) in [6, 6.07) is 7.16. The average Bonchev–Trinajstić information content (AvgIpc) is 2.56. The Hall–Kier alpha value is -0.910. The van der Waals surface area contributed by atoms with E-state index in [1.807, 2.05) is 31.2 Å². The number of nitrogens with one attached hydrogen (secondary N) is 1. The van der Waals surface area contributed by atoms with Gasteiger partial charge in [0.1, 0.15) is 0 Å². The highest BCUT2D eigenvalue weighted by Crippen LogP contribution is 2.24. The van der Waals surface area contributed by atoms with Crippen LogP contribution in [0.15, 0.2) is 24.3 Å². The van der Waals surface area contributed by atoms with Crippen molar-refractivity contribution >= 4 is 34.8 Å². The molecule has 1 fully saturated rings. The molecular formula is C18H29ClN2O2S. The van der Waals surface area contributed by atoms with Gasteiger partial charge in [0.2, 0.25) is 5.91 Å². The average molecular weight is 373 g/mol. The Kier molecular flexibility index (Phi) is 9.56. The molecule has 1 aromatic rings. The summed E-state index contributed by atoms with van der Waals surface area (Å²) in [6.07, 6.45) is 7.38. The first-order chi connectivity index (χ1) is 11.1. The predicted octanol–water partition coefficient (Wildman–Crippen LogP) is 3.76. The smallest absolute Gasteiger partial charge is 0.241 e. The second-order valence-electron chi connectivity index (χ2n) is 6.37. The van der Waals surface area contributed by atoms with E-state index in [0.717, 1.165) is 30.5 Å². The van der Waals surface area contributed by atoms with Gasteiger partial charge in [0, 0.05) is 27.5 Å². The van der Waals surface area contributed by atoms with Gasteiger partial charge in [0.25, 0.3) is 0 Å². The first-order valence-corrected chi connectivity index (χ1v) is 10.0. The molecule has 0 radical (unpaired) electrons. The first kappa shape index (κ1) is 21.1. The van der Waals surface area contributed by atoms with Crippen LogP contribution in [0, 0.1) is 0 Å². The third kappa shape index (κ3) is 6.54. The highest BCUT2D eigenvalue weighted by Gasteiger charge is 2.20. The summed E-state index contributed by atoms with van der Waals surface area (Å²) in [7, 11) is -0.828. The molecule has 1 aliphatic carbocycles. The number of hydrogen-bond acceptors (Lipinski definition) is 3. The quantitative estimate of drug-likeness (QED) is 0.765. The Bertz CT molecular complexity index is 548. The number of nitrogens with two attached hydrogens (primary N) is 1. The Morgan fingerprint density at radius 2 is 2.04 bits per heavy atom.